The monoisotopic (exact) mass is 276 g/mol. The van der Waals surface area contributed by atoms with E-state index < -0.39 is 29.2 Å². The number of pyridine rings is 1. The molecule has 2 rings (SSSR count). The van der Waals surface area contributed by atoms with E-state index in [1.165, 1.54) is 12.1 Å². The fourth-order valence-electron chi connectivity index (χ4n) is 1.27. The minimum atomic E-state index is -1.49. The van der Waals surface area contributed by atoms with Crippen LogP contribution in [-0.2, 0) is 0 Å². The summed E-state index contributed by atoms with van der Waals surface area (Å²) < 4.78 is 52.2. The van der Waals surface area contributed by atoms with Crippen LogP contribution in [0.15, 0.2) is 24.3 Å². The zero-order valence-corrected chi connectivity index (χ0v) is 9.40. The van der Waals surface area contributed by atoms with Crippen molar-refractivity contribution < 1.29 is 17.6 Å². The van der Waals surface area contributed by atoms with E-state index in [-0.39, 0.29) is 10.7 Å². The standard InChI is InChI=1S/C11H5ClF4N2/c12-5-2-1-3-6(13)9(5)17-11-8(15)4-7(14)10(16)18-11/h1-4H,(H,17,18). The third-order valence-corrected chi connectivity index (χ3v) is 2.41. The summed E-state index contributed by atoms with van der Waals surface area (Å²) in [5.74, 6) is -5.51. The number of hydrogen-bond donors (Lipinski definition) is 1. The van der Waals surface area contributed by atoms with Gasteiger partial charge in [0.1, 0.15) is 5.82 Å². The number of para-hydroxylation sites is 1. The maximum Gasteiger partial charge on any atom is 0.251 e. The summed E-state index contributed by atoms with van der Waals surface area (Å²) in [4.78, 5) is 3.00. The van der Waals surface area contributed by atoms with Gasteiger partial charge in [-0.1, -0.05) is 17.7 Å². The van der Waals surface area contributed by atoms with Gasteiger partial charge in [-0.05, 0) is 12.1 Å². The number of rotatable bonds is 2. The normalized spacial score (nSPS) is 10.5. The lowest BCUT2D eigenvalue weighted by atomic mass is 10.3. The minimum absolute atomic E-state index is 0.0408. The van der Waals surface area contributed by atoms with Crippen LogP contribution in [0.1, 0.15) is 0 Å². The van der Waals surface area contributed by atoms with Crippen LogP contribution in [0.25, 0.3) is 0 Å². The van der Waals surface area contributed by atoms with Gasteiger partial charge >= 0.3 is 0 Å². The van der Waals surface area contributed by atoms with Crippen LogP contribution in [0.2, 0.25) is 5.02 Å². The fourth-order valence-corrected chi connectivity index (χ4v) is 1.48. The molecule has 1 heterocycles. The molecule has 0 spiro atoms. The Labute approximate surface area is 104 Å². The van der Waals surface area contributed by atoms with Gasteiger partial charge in [0.05, 0.1) is 10.7 Å². The van der Waals surface area contributed by atoms with E-state index in [1.807, 2.05) is 0 Å². The molecule has 0 aliphatic heterocycles. The Hall–Kier alpha value is -1.82. The van der Waals surface area contributed by atoms with Crippen LogP contribution in [0.5, 0.6) is 0 Å². The highest BCUT2D eigenvalue weighted by molar-refractivity contribution is 6.33. The average molecular weight is 277 g/mol. The SMILES string of the molecule is Fc1cc(F)c(Nc2c(F)cccc2Cl)nc1F. The Morgan fingerprint density at radius 2 is 1.72 bits per heavy atom. The van der Waals surface area contributed by atoms with Gasteiger partial charge in [-0.15, -0.1) is 0 Å². The Morgan fingerprint density at radius 1 is 1.00 bits per heavy atom. The number of nitrogens with one attached hydrogen (secondary N) is 1. The van der Waals surface area contributed by atoms with Crippen LogP contribution in [0, 0.1) is 23.4 Å². The number of aromatic nitrogens is 1. The lowest BCUT2D eigenvalue weighted by Crippen LogP contribution is -2.03. The molecule has 0 bridgehead atoms. The van der Waals surface area contributed by atoms with Crippen molar-refractivity contribution >= 4 is 23.1 Å². The molecule has 1 aromatic carbocycles. The van der Waals surface area contributed by atoms with Crippen LogP contribution < -0.4 is 5.32 Å². The molecule has 94 valence electrons. The second-order valence-corrected chi connectivity index (χ2v) is 3.72. The third-order valence-electron chi connectivity index (χ3n) is 2.09. The summed E-state index contributed by atoms with van der Waals surface area (Å²) in [5.41, 5.74) is -0.267. The quantitative estimate of drug-likeness (QED) is 0.661. The number of nitrogens with zero attached hydrogens (tertiary/aromatic N) is 1. The lowest BCUT2D eigenvalue weighted by Gasteiger charge is -2.09. The van der Waals surface area contributed by atoms with Gasteiger partial charge in [0, 0.05) is 6.07 Å². The summed E-state index contributed by atoms with van der Waals surface area (Å²) >= 11 is 5.68. The molecule has 2 aromatic rings. The van der Waals surface area contributed by atoms with E-state index in [0.717, 1.165) is 6.07 Å². The molecule has 2 nitrogen and oxygen atoms in total. The summed E-state index contributed by atoms with van der Waals surface area (Å²) in [5, 5.41) is 2.14. The Kier molecular flexibility index (Phi) is 3.38. The molecule has 0 amide bonds. The summed E-state index contributed by atoms with van der Waals surface area (Å²) in [6, 6.07) is 4.08. The van der Waals surface area contributed by atoms with Crippen molar-refractivity contribution in [2.45, 2.75) is 0 Å². The van der Waals surface area contributed by atoms with Crippen LogP contribution in [0.3, 0.4) is 0 Å². The first kappa shape index (κ1) is 12.6. The maximum absolute atomic E-state index is 13.4. The zero-order chi connectivity index (χ0) is 13.3. The first-order valence-electron chi connectivity index (χ1n) is 4.71. The van der Waals surface area contributed by atoms with Crippen LogP contribution >= 0.6 is 11.6 Å². The van der Waals surface area contributed by atoms with E-state index >= 15 is 0 Å². The Morgan fingerprint density at radius 3 is 2.39 bits per heavy atom. The second-order valence-electron chi connectivity index (χ2n) is 3.31. The van der Waals surface area contributed by atoms with Crippen LogP contribution in [0.4, 0.5) is 29.1 Å². The number of benzene rings is 1. The van der Waals surface area contributed by atoms with Gasteiger partial charge in [-0.3, -0.25) is 0 Å². The number of anilines is 2. The van der Waals surface area contributed by atoms with Gasteiger partial charge in [0.2, 0.25) is 0 Å². The smallest absolute Gasteiger partial charge is 0.251 e. The molecule has 7 heteroatoms. The molecule has 1 N–H and O–H groups in total. The van der Waals surface area contributed by atoms with E-state index in [1.54, 1.807) is 0 Å². The molecule has 1 aromatic heterocycles. The average Bonchev–Trinajstić information content (AvgIpc) is 2.30. The molecule has 0 unspecified atom stereocenters. The van der Waals surface area contributed by atoms with Crippen molar-refractivity contribution in [3.8, 4) is 0 Å². The van der Waals surface area contributed by atoms with E-state index in [2.05, 4.69) is 10.3 Å². The first-order valence-corrected chi connectivity index (χ1v) is 5.09. The van der Waals surface area contributed by atoms with E-state index in [0.29, 0.717) is 6.07 Å². The summed E-state index contributed by atoms with van der Waals surface area (Å²) in [6.07, 6.45) is 0. The molecular weight excluding hydrogens is 272 g/mol. The van der Waals surface area contributed by atoms with E-state index in [9.17, 15) is 17.6 Å². The Bertz CT molecular complexity index is 584. The minimum Gasteiger partial charge on any atom is -0.334 e. The first-order chi connectivity index (χ1) is 8.49. The van der Waals surface area contributed by atoms with Crippen molar-refractivity contribution in [3.05, 3.63) is 52.7 Å². The third kappa shape index (κ3) is 2.38. The summed E-state index contributed by atoms with van der Waals surface area (Å²) in [7, 11) is 0. The highest BCUT2D eigenvalue weighted by atomic mass is 35.5. The van der Waals surface area contributed by atoms with Crippen molar-refractivity contribution in [1.29, 1.82) is 0 Å². The molecular formula is C11H5ClF4N2. The predicted molar refractivity (Wildman–Crippen MR) is 58.8 cm³/mol. The molecule has 0 aliphatic rings. The number of hydrogen-bond acceptors (Lipinski definition) is 2. The molecule has 0 fully saturated rings. The van der Waals surface area contributed by atoms with Crippen molar-refractivity contribution in [1.82, 2.24) is 4.98 Å². The Balaban J connectivity index is 2.43. The molecule has 0 saturated heterocycles. The lowest BCUT2D eigenvalue weighted by molar-refractivity contribution is 0.467. The largest absolute Gasteiger partial charge is 0.334 e. The molecule has 0 saturated carbocycles. The molecule has 0 radical (unpaired) electrons. The topological polar surface area (TPSA) is 24.9 Å². The highest BCUT2D eigenvalue weighted by Crippen LogP contribution is 2.28. The number of halogens is 5. The van der Waals surface area contributed by atoms with Crippen molar-refractivity contribution in [2.75, 3.05) is 5.32 Å². The second kappa shape index (κ2) is 4.81. The highest BCUT2D eigenvalue weighted by Gasteiger charge is 2.14. The maximum atomic E-state index is 13.4. The predicted octanol–water partition coefficient (Wildman–Crippen LogP) is 4.04. The van der Waals surface area contributed by atoms with Crippen molar-refractivity contribution in [3.63, 3.8) is 0 Å². The van der Waals surface area contributed by atoms with Crippen molar-refractivity contribution in [2.24, 2.45) is 0 Å². The molecule has 0 atom stereocenters. The van der Waals surface area contributed by atoms with E-state index in [4.69, 9.17) is 11.6 Å². The van der Waals surface area contributed by atoms with Gasteiger partial charge in [0.15, 0.2) is 17.5 Å². The van der Waals surface area contributed by atoms with Gasteiger partial charge in [-0.2, -0.15) is 9.37 Å². The van der Waals surface area contributed by atoms with Crippen LogP contribution in [-0.4, -0.2) is 4.98 Å². The molecule has 0 aliphatic carbocycles. The van der Waals surface area contributed by atoms with Gasteiger partial charge in [0.25, 0.3) is 5.95 Å². The fraction of sp³-hybridized carbons (Fsp3) is 0. The zero-order valence-electron chi connectivity index (χ0n) is 8.65. The molecule has 18 heavy (non-hydrogen) atoms. The van der Waals surface area contributed by atoms with Gasteiger partial charge < -0.3 is 5.32 Å². The van der Waals surface area contributed by atoms with Gasteiger partial charge in [-0.25, -0.2) is 13.2 Å². The summed E-state index contributed by atoms with van der Waals surface area (Å²) in [6.45, 7) is 0.